The predicted octanol–water partition coefficient (Wildman–Crippen LogP) is 0.612. The van der Waals surface area contributed by atoms with E-state index in [0.29, 0.717) is 31.9 Å². The molecule has 4 rings (SSSR count). The van der Waals surface area contributed by atoms with Crippen LogP contribution in [-0.4, -0.2) is 80.1 Å². The van der Waals surface area contributed by atoms with Crippen molar-refractivity contribution in [3.8, 4) is 0 Å². The molecule has 2 amide bonds. The number of morpholine rings is 1. The molecule has 3 atom stereocenters. The number of nitrogens with zero attached hydrogens (tertiary/aromatic N) is 6. The van der Waals surface area contributed by atoms with Gasteiger partial charge in [-0.05, 0) is 32.3 Å². The van der Waals surface area contributed by atoms with E-state index in [-0.39, 0.29) is 35.7 Å². The van der Waals surface area contributed by atoms with Crippen LogP contribution >= 0.6 is 0 Å². The number of ether oxygens (including phenoxy) is 1. The summed E-state index contributed by atoms with van der Waals surface area (Å²) < 4.78 is 7.39. The fourth-order valence-electron chi connectivity index (χ4n) is 4.01. The average Bonchev–Trinajstić information content (AvgIpc) is 3.15. The van der Waals surface area contributed by atoms with Gasteiger partial charge in [0.15, 0.2) is 0 Å². The third kappa shape index (κ3) is 3.27. The SMILES string of the molecule is CCN(C)C(=O)[C@H]1CC[C@H]2OCCN(C(=O)c3nc4ncccn4n3)[C@@H]2C1. The number of carbonyl (C=O) groups excluding carboxylic acids is 2. The third-order valence-electron chi connectivity index (χ3n) is 5.59. The van der Waals surface area contributed by atoms with E-state index in [4.69, 9.17) is 4.74 Å². The Hall–Kier alpha value is -2.55. The standard InChI is InChI=1S/C18H24N6O3/c1-3-22(2)16(25)12-5-6-14-13(11-12)23(9-10-27-14)17(26)15-20-18-19-7-4-8-24(18)21-15/h4,7-8,12-14H,3,5-6,9-11H2,1-2H3/t12-,13+,14+/m0/s1. The molecular weight excluding hydrogens is 348 g/mol. The Morgan fingerprint density at radius 2 is 2.22 bits per heavy atom. The van der Waals surface area contributed by atoms with Gasteiger partial charge in [-0.1, -0.05) is 0 Å². The topological polar surface area (TPSA) is 92.9 Å². The van der Waals surface area contributed by atoms with E-state index >= 15 is 0 Å². The van der Waals surface area contributed by atoms with Crippen LogP contribution in [0.15, 0.2) is 18.5 Å². The summed E-state index contributed by atoms with van der Waals surface area (Å²) in [5, 5.41) is 4.26. The molecule has 2 aliphatic rings. The molecule has 1 aliphatic carbocycles. The first-order chi connectivity index (χ1) is 13.1. The molecule has 144 valence electrons. The van der Waals surface area contributed by atoms with Crippen molar-refractivity contribution < 1.29 is 14.3 Å². The maximum absolute atomic E-state index is 13.1. The lowest BCUT2D eigenvalue weighted by atomic mass is 9.81. The molecule has 0 bridgehead atoms. The molecule has 1 aliphatic heterocycles. The molecule has 0 unspecified atom stereocenters. The Kier molecular flexibility index (Phi) is 4.77. The van der Waals surface area contributed by atoms with Crippen molar-refractivity contribution >= 4 is 17.6 Å². The Balaban J connectivity index is 1.56. The predicted molar refractivity (Wildman–Crippen MR) is 96.0 cm³/mol. The van der Waals surface area contributed by atoms with Gasteiger partial charge in [0, 0.05) is 38.4 Å². The monoisotopic (exact) mass is 372 g/mol. The van der Waals surface area contributed by atoms with E-state index in [1.807, 2.05) is 14.0 Å². The van der Waals surface area contributed by atoms with Crippen molar-refractivity contribution in [3.63, 3.8) is 0 Å². The lowest BCUT2D eigenvalue weighted by Crippen LogP contribution is -2.57. The molecule has 2 fully saturated rings. The number of aromatic nitrogens is 4. The summed E-state index contributed by atoms with van der Waals surface area (Å²) in [6.45, 7) is 3.62. The molecule has 2 aromatic heterocycles. The summed E-state index contributed by atoms with van der Waals surface area (Å²) in [6.07, 6.45) is 5.49. The van der Waals surface area contributed by atoms with Gasteiger partial charge in [0.25, 0.3) is 11.7 Å². The third-order valence-corrected chi connectivity index (χ3v) is 5.59. The van der Waals surface area contributed by atoms with Crippen LogP contribution in [0.5, 0.6) is 0 Å². The van der Waals surface area contributed by atoms with Crippen LogP contribution in [0.25, 0.3) is 5.78 Å². The van der Waals surface area contributed by atoms with Gasteiger partial charge in [0.2, 0.25) is 11.7 Å². The molecule has 9 nitrogen and oxygen atoms in total. The normalized spacial score (nSPS) is 25.3. The summed E-state index contributed by atoms with van der Waals surface area (Å²) in [7, 11) is 1.82. The van der Waals surface area contributed by atoms with E-state index in [2.05, 4.69) is 15.1 Å². The first kappa shape index (κ1) is 17.8. The average molecular weight is 372 g/mol. The molecule has 27 heavy (non-hydrogen) atoms. The van der Waals surface area contributed by atoms with Crippen molar-refractivity contribution in [2.75, 3.05) is 26.7 Å². The van der Waals surface area contributed by atoms with Crippen molar-refractivity contribution in [1.29, 1.82) is 0 Å². The Bertz CT molecular complexity index is 819. The highest BCUT2D eigenvalue weighted by Crippen LogP contribution is 2.33. The zero-order valence-corrected chi connectivity index (χ0v) is 15.6. The van der Waals surface area contributed by atoms with Crippen LogP contribution in [0.4, 0.5) is 0 Å². The molecule has 1 saturated carbocycles. The minimum absolute atomic E-state index is 0.0335. The molecule has 9 heteroatoms. The molecule has 2 aromatic rings. The highest BCUT2D eigenvalue weighted by atomic mass is 16.5. The van der Waals surface area contributed by atoms with Gasteiger partial charge in [0.05, 0.1) is 18.8 Å². The van der Waals surface area contributed by atoms with Gasteiger partial charge in [0.1, 0.15) is 0 Å². The van der Waals surface area contributed by atoms with Crippen molar-refractivity contribution in [2.24, 2.45) is 5.92 Å². The second-order valence-electron chi connectivity index (χ2n) is 7.14. The van der Waals surface area contributed by atoms with Crippen LogP contribution < -0.4 is 0 Å². The number of carbonyl (C=O) groups is 2. The van der Waals surface area contributed by atoms with Gasteiger partial charge < -0.3 is 14.5 Å². The van der Waals surface area contributed by atoms with E-state index in [1.54, 1.807) is 28.3 Å². The summed E-state index contributed by atoms with van der Waals surface area (Å²) in [5.41, 5.74) is 0. The van der Waals surface area contributed by atoms with Crippen molar-refractivity contribution in [2.45, 2.75) is 38.3 Å². The molecule has 0 radical (unpaired) electrons. The molecule has 0 aromatic carbocycles. The van der Waals surface area contributed by atoms with Gasteiger partial charge in [-0.25, -0.2) is 9.50 Å². The Morgan fingerprint density at radius 3 is 3.00 bits per heavy atom. The van der Waals surface area contributed by atoms with Crippen LogP contribution in [0, 0.1) is 5.92 Å². The van der Waals surface area contributed by atoms with Gasteiger partial charge in [-0.15, -0.1) is 5.10 Å². The smallest absolute Gasteiger partial charge is 0.294 e. The zero-order chi connectivity index (χ0) is 19.0. The number of hydrogen-bond acceptors (Lipinski definition) is 6. The minimum Gasteiger partial charge on any atom is -0.374 e. The van der Waals surface area contributed by atoms with Crippen LogP contribution in [0.2, 0.25) is 0 Å². The molecule has 3 heterocycles. The van der Waals surface area contributed by atoms with Crippen molar-refractivity contribution in [1.82, 2.24) is 29.4 Å². The largest absolute Gasteiger partial charge is 0.374 e. The number of hydrogen-bond donors (Lipinski definition) is 0. The summed E-state index contributed by atoms with van der Waals surface area (Å²) in [4.78, 5) is 37.6. The summed E-state index contributed by atoms with van der Waals surface area (Å²) in [5.74, 6) is 0.365. The molecular formula is C18H24N6O3. The first-order valence-corrected chi connectivity index (χ1v) is 9.43. The molecule has 1 saturated heterocycles. The van der Waals surface area contributed by atoms with Crippen molar-refractivity contribution in [3.05, 3.63) is 24.3 Å². The quantitative estimate of drug-likeness (QED) is 0.784. The Morgan fingerprint density at radius 1 is 1.37 bits per heavy atom. The maximum atomic E-state index is 13.1. The Labute approximate surface area is 157 Å². The van der Waals surface area contributed by atoms with E-state index in [0.717, 1.165) is 12.8 Å². The summed E-state index contributed by atoms with van der Waals surface area (Å²) in [6, 6.07) is 1.61. The molecule has 0 spiro atoms. The van der Waals surface area contributed by atoms with Gasteiger partial charge >= 0.3 is 0 Å². The molecule has 0 N–H and O–H groups in total. The van der Waals surface area contributed by atoms with E-state index in [9.17, 15) is 9.59 Å². The highest BCUT2D eigenvalue weighted by Gasteiger charge is 2.43. The first-order valence-electron chi connectivity index (χ1n) is 9.43. The van der Waals surface area contributed by atoms with Crippen LogP contribution in [-0.2, 0) is 9.53 Å². The van der Waals surface area contributed by atoms with E-state index < -0.39 is 0 Å². The maximum Gasteiger partial charge on any atom is 0.294 e. The lowest BCUT2D eigenvalue weighted by molar-refractivity contribution is -0.140. The van der Waals surface area contributed by atoms with Gasteiger partial charge in [-0.2, -0.15) is 4.98 Å². The second-order valence-corrected chi connectivity index (χ2v) is 7.14. The fraction of sp³-hybridized carbons (Fsp3) is 0.611. The van der Waals surface area contributed by atoms with Crippen LogP contribution in [0.1, 0.15) is 36.8 Å². The second kappa shape index (κ2) is 7.22. The lowest BCUT2D eigenvalue weighted by Gasteiger charge is -2.45. The number of amides is 2. The van der Waals surface area contributed by atoms with E-state index in [1.165, 1.54) is 4.52 Å². The zero-order valence-electron chi connectivity index (χ0n) is 15.6. The minimum atomic E-state index is -0.226. The summed E-state index contributed by atoms with van der Waals surface area (Å²) >= 11 is 0. The number of fused-ring (bicyclic) bond motifs is 2. The fourth-order valence-corrected chi connectivity index (χ4v) is 4.01. The van der Waals surface area contributed by atoms with Gasteiger partial charge in [-0.3, -0.25) is 9.59 Å². The highest BCUT2D eigenvalue weighted by molar-refractivity contribution is 5.91. The van der Waals surface area contributed by atoms with Crippen LogP contribution in [0.3, 0.4) is 0 Å². The number of rotatable bonds is 3.